The molecule has 3 N–H and O–H groups in total. The van der Waals surface area contributed by atoms with Crippen molar-refractivity contribution in [2.75, 3.05) is 32.0 Å². The van der Waals surface area contributed by atoms with Crippen LogP contribution in [0.25, 0.3) is 11.2 Å². The van der Waals surface area contributed by atoms with E-state index >= 15 is 0 Å². The number of hydrogen-bond donors (Lipinski definition) is 2. The van der Waals surface area contributed by atoms with Crippen LogP contribution in [0.15, 0.2) is 46.2 Å². The van der Waals surface area contributed by atoms with Gasteiger partial charge in [-0.3, -0.25) is 18.8 Å². The fourth-order valence-corrected chi connectivity index (χ4v) is 4.64. The van der Waals surface area contributed by atoms with E-state index in [1.807, 2.05) is 42.7 Å². The summed E-state index contributed by atoms with van der Waals surface area (Å²) in [6.07, 6.45) is 3.49. The zero-order valence-corrected chi connectivity index (χ0v) is 22.4. The van der Waals surface area contributed by atoms with E-state index in [2.05, 4.69) is 14.9 Å². The number of rotatable bonds is 13. The van der Waals surface area contributed by atoms with Gasteiger partial charge < -0.3 is 15.4 Å². The van der Waals surface area contributed by atoms with Crippen LogP contribution in [0.5, 0.6) is 0 Å². The second kappa shape index (κ2) is 12.8. The molecule has 0 aliphatic rings. The molecule has 208 valence electrons. The number of nitrogens with zero attached hydrogens (tertiary/aromatic N) is 7. The van der Waals surface area contributed by atoms with Gasteiger partial charge in [-0.15, -0.1) is 0 Å². The van der Waals surface area contributed by atoms with Gasteiger partial charge in [-0.1, -0.05) is 26.0 Å². The van der Waals surface area contributed by atoms with Crippen LogP contribution in [0.1, 0.15) is 37.5 Å². The molecule has 0 fully saturated rings. The van der Waals surface area contributed by atoms with Crippen LogP contribution in [-0.2, 0) is 32.5 Å². The van der Waals surface area contributed by atoms with Gasteiger partial charge in [-0.2, -0.15) is 0 Å². The third-order valence-electron chi connectivity index (χ3n) is 6.74. The minimum Gasteiger partial charge on any atom is -0.399 e. The highest BCUT2D eigenvalue weighted by Crippen LogP contribution is 2.16. The van der Waals surface area contributed by atoms with Crippen LogP contribution >= 0.6 is 0 Å². The lowest BCUT2D eigenvalue weighted by atomic mass is 10.1. The molecule has 3 heterocycles. The number of aliphatic hydroxyl groups is 1. The molecule has 0 radical (unpaired) electrons. The topological polar surface area (TPSA) is 137 Å². The van der Waals surface area contributed by atoms with Crippen molar-refractivity contribution in [1.29, 1.82) is 0 Å². The summed E-state index contributed by atoms with van der Waals surface area (Å²) in [5.74, 6) is 0.303. The summed E-state index contributed by atoms with van der Waals surface area (Å²) in [4.78, 5) is 42.2. The first kappa shape index (κ1) is 28.1. The summed E-state index contributed by atoms with van der Waals surface area (Å²) in [6, 6.07) is 7.45. The predicted molar refractivity (Wildman–Crippen MR) is 147 cm³/mol. The first-order valence-electron chi connectivity index (χ1n) is 13.2. The highest BCUT2D eigenvalue weighted by molar-refractivity contribution is 5.71. The van der Waals surface area contributed by atoms with E-state index in [0.29, 0.717) is 67.5 Å². The van der Waals surface area contributed by atoms with Crippen LogP contribution in [0.2, 0.25) is 0 Å². The Morgan fingerprint density at radius 1 is 0.974 bits per heavy atom. The van der Waals surface area contributed by atoms with Gasteiger partial charge >= 0.3 is 5.69 Å². The monoisotopic (exact) mass is 538 g/mol. The number of likely N-dealkylation sites (N-methyl/N-ethyl adjacent to an activating group) is 1. The number of hydrogen-bond acceptors (Lipinski definition) is 8. The van der Waals surface area contributed by atoms with Gasteiger partial charge in [0, 0.05) is 38.4 Å². The fourth-order valence-electron chi connectivity index (χ4n) is 4.64. The number of imidazole rings is 1. The summed E-state index contributed by atoms with van der Waals surface area (Å²) < 4.78 is 18.1. The second-order valence-corrected chi connectivity index (χ2v) is 9.39. The Balaban J connectivity index is 1.85. The van der Waals surface area contributed by atoms with E-state index in [4.69, 9.17) is 10.7 Å². The third kappa shape index (κ3) is 6.40. The minimum absolute atomic E-state index is 0.0166. The lowest BCUT2D eigenvalue weighted by molar-refractivity contribution is 0.197. The third-order valence-corrected chi connectivity index (χ3v) is 6.74. The van der Waals surface area contributed by atoms with Crippen molar-refractivity contribution in [2.24, 2.45) is 0 Å². The molecule has 0 saturated heterocycles. The zero-order chi connectivity index (χ0) is 27.9. The van der Waals surface area contributed by atoms with E-state index in [-0.39, 0.29) is 19.6 Å². The Labute approximate surface area is 225 Å². The van der Waals surface area contributed by atoms with Crippen molar-refractivity contribution in [3.05, 3.63) is 80.5 Å². The number of anilines is 1. The number of nitrogens with two attached hydrogens (primary N) is 1. The van der Waals surface area contributed by atoms with Gasteiger partial charge in [0.2, 0.25) is 0 Å². The first-order valence-corrected chi connectivity index (χ1v) is 13.2. The summed E-state index contributed by atoms with van der Waals surface area (Å²) in [5, 5.41) is 9.44. The van der Waals surface area contributed by atoms with Gasteiger partial charge in [-0.05, 0) is 37.1 Å². The van der Waals surface area contributed by atoms with E-state index in [1.54, 1.807) is 4.57 Å². The molecule has 12 heteroatoms. The molecule has 4 aromatic rings. The molecule has 0 atom stereocenters. The molecule has 0 aliphatic carbocycles. The van der Waals surface area contributed by atoms with Crippen molar-refractivity contribution < 1.29 is 9.50 Å². The SMILES string of the molecule is CCCn1c(=O)c2c(nc(Cc3ncc(F)cn3)n2CCN(CC)CCO)n(CCc2ccc(N)cc2)c1=O. The molecule has 0 spiro atoms. The molecular formula is C27H35FN8O3. The first-order chi connectivity index (χ1) is 18.9. The summed E-state index contributed by atoms with van der Waals surface area (Å²) >= 11 is 0. The molecule has 0 bridgehead atoms. The van der Waals surface area contributed by atoms with E-state index in [0.717, 1.165) is 24.5 Å². The number of aliphatic hydroxyl groups excluding tert-OH is 1. The van der Waals surface area contributed by atoms with Crippen LogP contribution < -0.4 is 17.0 Å². The minimum atomic E-state index is -0.547. The molecule has 0 unspecified atom stereocenters. The van der Waals surface area contributed by atoms with E-state index < -0.39 is 17.1 Å². The molecule has 1 aromatic carbocycles. The maximum atomic E-state index is 13.7. The smallest absolute Gasteiger partial charge is 0.332 e. The summed E-state index contributed by atoms with van der Waals surface area (Å²) in [6.45, 7) is 6.69. The van der Waals surface area contributed by atoms with Crippen molar-refractivity contribution in [1.82, 2.24) is 33.6 Å². The molecular weight excluding hydrogens is 503 g/mol. The quantitative estimate of drug-likeness (QED) is 0.244. The molecule has 4 rings (SSSR count). The Morgan fingerprint density at radius 3 is 2.33 bits per heavy atom. The summed E-state index contributed by atoms with van der Waals surface area (Å²) in [7, 11) is 0. The number of fused-ring (bicyclic) bond motifs is 1. The average Bonchev–Trinajstić information content (AvgIpc) is 3.28. The van der Waals surface area contributed by atoms with Gasteiger partial charge in [-0.25, -0.2) is 24.1 Å². The maximum absolute atomic E-state index is 13.7. The van der Waals surface area contributed by atoms with Crippen molar-refractivity contribution in [2.45, 2.75) is 52.7 Å². The predicted octanol–water partition coefficient (Wildman–Crippen LogP) is 1.43. The normalized spacial score (nSPS) is 11.6. The zero-order valence-electron chi connectivity index (χ0n) is 22.4. The Morgan fingerprint density at radius 2 is 1.69 bits per heavy atom. The highest BCUT2D eigenvalue weighted by Gasteiger charge is 2.22. The van der Waals surface area contributed by atoms with Gasteiger partial charge in [0.1, 0.15) is 11.6 Å². The van der Waals surface area contributed by atoms with Crippen LogP contribution in [-0.4, -0.2) is 64.9 Å². The number of aromatic nitrogens is 6. The van der Waals surface area contributed by atoms with Crippen molar-refractivity contribution >= 4 is 16.9 Å². The lowest BCUT2D eigenvalue weighted by Gasteiger charge is -2.20. The van der Waals surface area contributed by atoms with Gasteiger partial charge in [0.15, 0.2) is 17.0 Å². The molecule has 0 saturated carbocycles. The Kier molecular flexibility index (Phi) is 9.20. The van der Waals surface area contributed by atoms with Crippen molar-refractivity contribution in [3.63, 3.8) is 0 Å². The highest BCUT2D eigenvalue weighted by atomic mass is 19.1. The van der Waals surface area contributed by atoms with Gasteiger partial charge in [0.25, 0.3) is 5.56 Å². The van der Waals surface area contributed by atoms with Crippen LogP contribution in [0.4, 0.5) is 10.1 Å². The largest absolute Gasteiger partial charge is 0.399 e. The number of aryl methyl sites for hydroxylation is 2. The van der Waals surface area contributed by atoms with E-state index in [9.17, 15) is 19.1 Å². The number of benzene rings is 1. The Hall–Kier alpha value is -3.90. The fraction of sp³-hybridized carbons (Fsp3) is 0.444. The summed E-state index contributed by atoms with van der Waals surface area (Å²) in [5.41, 5.74) is 7.30. The molecule has 39 heavy (non-hydrogen) atoms. The van der Waals surface area contributed by atoms with E-state index in [1.165, 1.54) is 4.57 Å². The van der Waals surface area contributed by atoms with Crippen LogP contribution in [0.3, 0.4) is 0 Å². The molecule has 11 nitrogen and oxygen atoms in total. The lowest BCUT2D eigenvalue weighted by Crippen LogP contribution is -2.41. The van der Waals surface area contributed by atoms with Gasteiger partial charge in [0.05, 0.1) is 25.4 Å². The van der Waals surface area contributed by atoms with Crippen LogP contribution in [0, 0.1) is 5.82 Å². The number of nitrogen functional groups attached to an aromatic ring is 1. The average molecular weight is 539 g/mol. The molecule has 0 amide bonds. The Bertz CT molecular complexity index is 1510. The number of halogens is 1. The standard InChI is InChI=1S/C27H35FN8O3/c1-3-10-36-26(38)24-25(35(27(36)39)11-9-19-5-7-21(29)8-6-19)32-23(16-22-30-17-20(28)18-31-22)34(24)13-12-33(4-2)14-15-37/h5-8,17-18,37H,3-4,9-16,29H2,1-2H3. The van der Waals surface area contributed by atoms with Crippen molar-refractivity contribution in [3.8, 4) is 0 Å². The molecule has 0 aliphatic heterocycles. The maximum Gasteiger partial charge on any atom is 0.332 e. The second-order valence-electron chi connectivity index (χ2n) is 9.39. The molecule has 3 aromatic heterocycles.